The summed E-state index contributed by atoms with van der Waals surface area (Å²) in [5.41, 5.74) is 2.25. The SMILES string of the molecule is COCCNCc1ccc(Oc2ccc(C)cc2)cc1Cl. The Bertz CT molecular complexity index is 570. The quantitative estimate of drug-likeness (QED) is 0.779. The Kier molecular flexibility index (Phi) is 6.05. The molecule has 112 valence electrons. The lowest BCUT2D eigenvalue weighted by Gasteiger charge is -2.10. The van der Waals surface area contributed by atoms with E-state index in [1.807, 2.05) is 49.4 Å². The molecule has 0 atom stereocenters. The largest absolute Gasteiger partial charge is 0.457 e. The zero-order chi connectivity index (χ0) is 15.1. The number of hydrogen-bond donors (Lipinski definition) is 1. The van der Waals surface area contributed by atoms with E-state index in [-0.39, 0.29) is 0 Å². The number of halogens is 1. The third-order valence-electron chi connectivity index (χ3n) is 3.08. The van der Waals surface area contributed by atoms with Crippen LogP contribution in [-0.4, -0.2) is 20.3 Å². The van der Waals surface area contributed by atoms with Crippen molar-refractivity contribution in [1.82, 2.24) is 5.32 Å². The van der Waals surface area contributed by atoms with Crippen LogP contribution in [-0.2, 0) is 11.3 Å². The van der Waals surface area contributed by atoms with E-state index in [1.54, 1.807) is 7.11 Å². The molecule has 0 unspecified atom stereocenters. The second-order valence-electron chi connectivity index (χ2n) is 4.84. The van der Waals surface area contributed by atoms with E-state index in [0.29, 0.717) is 18.2 Å². The predicted molar refractivity (Wildman–Crippen MR) is 86.3 cm³/mol. The van der Waals surface area contributed by atoms with Crippen molar-refractivity contribution in [3.8, 4) is 11.5 Å². The van der Waals surface area contributed by atoms with E-state index in [0.717, 1.165) is 23.6 Å². The fourth-order valence-electron chi connectivity index (χ4n) is 1.87. The van der Waals surface area contributed by atoms with Gasteiger partial charge in [0, 0.05) is 25.2 Å². The molecule has 2 rings (SSSR count). The van der Waals surface area contributed by atoms with Gasteiger partial charge in [0.2, 0.25) is 0 Å². The summed E-state index contributed by atoms with van der Waals surface area (Å²) in [6.07, 6.45) is 0. The van der Waals surface area contributed by atoms with Crippen LogP contribution in [0.4, 0.5) is 0 Å². The Balaban J connectivity index is 1.96. The number of ether oxygens (including phenoxy) is 2. The average molecular weight is 306 g/mol. The summed E-state index contributed by atoms with van der Waals surface area (Å²) in [5.74, 6) is 1.55. The van der Waals surface area contributed by atoms with Crippen molar-refractivity contribution in [1.29, 1.82) is 0 Å². The van der Waals surface area contributed by atoms with Gasteiger partial charge in [-0.05, 0) is 36.8 Å². The second-order valence-corrected chi connectivity index (χ2v) is 5.25. The standard InChI is InChI=1S/C17H20ClNO2/c1-13-3-6-15(7-4-13)21-16-8-5-14(17(18)11-16)12-19-9-10-20-2/h3-8,11,19H,9-10,12H2,1-2H3. The van der Waals surface area contributed by atoms with Crippen LogP contribution in [0.15, 0.2) is 42.5 Å². The third-order valence-corrected chi connectivity index (χ3v) is 3.43. The Morgan fingerprint density at radius 1 is 1.05 bits per heavy atom. The molecular weight excluding hydrogens is 286 g/mol. The van der Waals surface area contributed by atoms with Crippen molar-refractivity contribution < 1.29 is 9.47 Å². The van der Waals surface area contributed by atoms with E-state index in [4.69, 9.17) is 21.1 Å². The monoisotopic (exact) mass is 305 g/mol. The van der Waals surface area contributed by atoms with Gasteiger partial charge in [0.1, 0.15) is 11.5 Å². The third kappa shape index (κ3) is 5.05. The molecule has 0 saturated carbocycles. The van der Waals surface area contributed by atoms with Gasteiger partial charge in [-0.1, -0.05) is 35.4 Å². The summed E-state index contributed by atoms with van der Waals surface area (Å²) < 4.78 is 10.8. The first-order chi connectivity index (χ1) is 10.2. The molecule has 0 aromatic heterocycles. The molecule has 3 nitrogen and oxygen atoms in total. The minimum absolute atomic E-state index is 0.687. The number of rotatable bonds is 7. The number of benzene rings is 2. The number of aryl methyl sites for hydroxylation is 1. The van der Waals surface area contributed by atoms with E-state index in [2.05, 4.69) is 5.32 Å². The van der Waals surface area contributed by atoms with Crippen LogP contribution < -0.4 is 10.1 Å². The minimum atomic E-state index is 0.687. The highest BCUT2D eigenvalue weighted by Gasteiger charge is 2.04. The first-order valence-electron chi connectivity index (χ1n) is 6.91. The molecule has 0 aliphatic rings. The lowest BCUT2D eigenvalue weighted by molar-refractivity contribution is 0.199. The first kappa shape index (κ1) is 15.8. The molecule has 0 fully saturated rings. The van der Waals surface area contributed by atoms with E-state index < -0.39 is 0 Å². The Morgan fingerprint density at radius 3 is 2.43 bits per heavy atom. The van der Waals surface area contributed by atoms with Crippen molar-refractivity contribution in [2.75, 3.05) is 20.3 Å². The Hall–Kier alpha value is -1.55. The normalized spacial score (nSPS) is 10.6. The van der Waals surface area contributed by atoms with Gasteiger partial charge in [0.05, 0.1) is 6.61 Å². The highest BCUT2D eigenvalue weighted by Crippen LogP contribution is 2.27. The highest BCUT2D eigenvalue weighted by atomic mass is 35.5. The Morgan fingerprint density at radius 2 is 1.76 bits per heavy atom. The van der Waals surface area contributed by atoms with E-state index in [1.165, 1.54) is 5.56 Å². The molecule has 21 heavy (non-hydrogen) atoms. The van der Waals surface area contributed by atoms with Crippen molar-refractivity contribution in [2.24, 2.45) is 0 Å². The molecule has 0 bridgehead atoms. The van der Waals surface area contributed by atoms with Crippen molar-refractivity contribution in [3.63, 3.8) is 0 Å². The molecule has 0 heterocycles. The summed E-state index contributed by atoms with van der Waals surface area (Å²) in [7, 11) is 1.69. The smallest absolute Gasteiger partial charge is 0.128 e. The van der Waals surface area contributed by atoms with Gasteiger partial charge in [-0.2, -0.15) is 0 Å². The van der Waals surface area contributed by atoms with Gasteiger partial charge >= 0.3 is 0 Å². The molecule has 0 spiro atoms. The molecule has 0 saturated heterocycles. The summed E-state index contributed by atoms with van der Waals surface area (Å²) in [4.78, 5) is 0. The molecular formula is C17H20ClNO2. The minimum Gasteiger partial charge on any atom is -0.457 e. The maximum atomic E-state index is 6.28. The molecule has 0 amide bonds. The van der Waals surface area contributed by atoms with E-state index in [9.17, 15) is 0 Å². The van der Waals surface area contributed by atoms with Gasteiger partial charge < -0.3 is 14.8 Å². The van der Waals surface area contributed by atoms with Gasteiger partial charge in [-0.3, -0.25) is 0 Å². The fourth-order valence-corrected chi connectivity index (χ4v) is 2.11. The maximum absolute atomic E-state index is 6.28. The molecule has 2 aromatic rings. The van der Waals surface area contributed by atoms with Gasteiger partial charge in [0.25, 0.3) is 0 Å². The number of hydrogen-bond acceptors (Lipinski definition) is 3. The molecule has 0 aliphatic carbocycles. The predicted octanol–water partition coefficient (Wildman–Crippen LogP) is 4.18. The van der Waals surface area contributed by atoms with Crippen LogP contribution in [0, 0.1) is 6.92 Å². The van der Waals surface area contributed by atoms with Gasteiger partial charge in [-0.15, -0.1) is 0 Å². The summed E-state index contributed by atoms with van der Waals surface area (Å²) in [6.45, 7) is 4.25. The lowest BCUT2D eigenvalue weighted by Crippen LogP contribution is -2.18. The van der Waals surface area contributed by atoms with Gasteiger partial charge in [-0.25, -0.2) is 0 Å². The second kappa shape index (κ2) is 8.03. The Labute approximate surface area is 130 Å². The van der Waals surface area contributed by atoms with Gasteiger partial charge in [0.15, 0.2) is 0 Å². The van der Waals surface area contributed by atoms with Crippen LogP contribution in [0.25, 0.3) is 0 Å². The lowest BCUT2D eigenvalue weighted by atomic mass is 10.2. The highest BCUT2D eigenvalue weighted by molar-refractivity contribution is 6.31. The summed E-state index contributed by atoms with van der Waals surface area (Å²) in [5, 5.41) is 3.97. The van der Waals surface area contributed by atoms with Crippen LogP contribution in [0.5, 0.6) is 11.5 Å². The van der Waals surface area contributed by atoms with Crippen molar-refractivity contribution in [2.45, 2.75) is 13.5 Å². The van der Waals surface area contributed by atoms with Crippen molar-refractivity contribution >= 4 is 11.6 Å². The van der Waals surface area contributed by atoms with Crippen molar-refractivity contribution in [3.05, 3.63) is 58.6 Å². The molecule has 1 N–H and O–H groups in total. The first-order valence-corrected chi connectivity index (χ1v) is 7.29. The number of methoxy groups -OCH3 is 1. The molecule has 0 radical (unpaired) electrons. The van der Waals surface area contributed by atoms with E-state index >= 15 is 0 Å². The zero-order valence-corrected chi connectivity index (χ0v) is 13.1. The van der Waals surface area contributed by atoms with Crippen LogP contribution in [0.2, 0.25) is 5.02 Å². The average Bonchev–Trinajstić information content (AvgIpc) is 2.48. The molecule has 2 aromatic carbocycles. The molecule has 4 heteroatoms. The summed E-state index contributed by atoms with van der Waals surface area (Å²) >= 11 is 6.28. The topological polar surface area (TPSA) is 30.5 Å². The maximum Gasteiger partial charge on any atom is 0.128 e. The van der Waals surface area contributed by atoms with Crippen LogP contribution in [0.3, 0.4) is 0 Å². The number of nitrogens with one attached hydrogen (secondary N) is 1. The zero-order valence-electron chi connectivity index (χ0n) is 12.4. The van der Waals surface area contributed by atoms with Crippen LogP contribution in [0.1, 0.15) is 11.1 Å². The fraction of sp³-hybridized carbons (Fsp3) is 0.294. The molecule has 0 aliphatic heterocycles. The summed E-state index contributed by atoms with van der Waals surface area (Å²) in [6, 6.07) is 13.7. The van der Waals surface area contributed by atoms with Crippen LogP contribution >= 0.6 is 11.6 Å².